The van der Waals surface area contributed by atoms with Gasteiger partial charge in [0.05, 0.1) is 23.9 Å². The molecule has 0 aliphatic carbocycles. The number of carbonyl (C=O) groups excluding carboxylic acids is 1. The molecule has 3 aromatic heterocycles. The number of fused-ring (bicyclic) bond motifs is 1. The van der Waals surface area contributed by atoms with E-state index in [9.17, 15) is 13.2 Å². The van der Waals surface area contributed by atoms with Crippen molar-refractivity contribution in [1.29, 1.82) is 0 Å². The molecule has 0 atom stereocenters. The highest BCUT2D eigenvalue weighted by molar-refractivity contribution is 9.10. The summed E-state index contributed by atoms with van der Waals surface area (Å²) in [5.74, 6) is -0.0256. The predicted molar refractivity (Wildman–Crippen MR) is 138 cm³/mol. The number of halogens is 1. The first-order chi connectivity index (χ1) is 16.7. The van der Waals surface area contributed by atoms with Crippen LogP contribution in [0.2, 0.25) is 0 Å². The van der Waals surface area contributed by atoms with Gasteiger partial charge in [0.25, 0.3) is 5.91 Å². The zero-order valence-corrected chi connectivity index (χ0v) is 22.5. The zero-order valence-electron chi connectivity index (χ0n) is 20.1. The van der Waals surface area contributed by atoms with Crippen LogP contribution in [-0.2, 0) is 27.8 Å². The molecule has 1 saturated heterocycles. The molecule has 188 valence electrons. The van der Waals surface area contributed by atoms with E-state index in [4.69, 9.17) is 9.84 Å². The van der Waals surface area contributed by atoms with Gasteiger partial charge in [-0.25, -0.2) is 17.2 Å². The number of rotatable bonds is 8. The van der Waals surface area contributed by atoms with E-state index in [2.05, 4.69) is 33.2 Å². The maximum Gasteiger partial charge on any atom is 0.254 e. The first-order valence-electron chi connectivity index (χ1n) is 11.6. The average molecular weight is 565 g/mol. The summed E-state index contributed by atoms with van der Waals surface area (Å²) in [4.78, 5) is 18.0. The van der Waals surface area contributed by atoms with Crippen molar-refractivity contribution in [3.63, 3.8) is 0 Å². The van der Waals surface area contributed by atoms with Crippen LogP contribution in [0.4, 0.5) is 0 Å². The van der Waals surface area contributed by atoms with Crippen LogP contribution in [0.1, 0.15) is 41.5 Å². The topological polar surface area (TPSA) is 106 Å². The summed E-state index contributed by atoms with van der Waals surface area (Å²) in [6, 6.07) is 5.94. The molecule has 0 bridgehead atoms. The Hall–Kier alpha value is -2.34. The molecule has 35 heavy (non-hydrogen) atoms. The van der Waals surface area contributed by atoms with E-state index in [0.29, 0.717) is 43.7 Å². The van der Waals surface area contributed by atoms with Crippen molar-refractivity contribution in [1.82, 2.24) is 24.2 Å². The van der Waals surface area contributed by atoms with Gasteiger partial charge in [-0.2, -0.15) is 5.10 Å². The van der Waals surface area contributed by atoms with Gasteiger partial charge in [0, 0.05) is 60.4 Å². The number of hydrogen-bond donors (Lipinski definition) is 1. The molecule has 0 aromatic carbocycles. The Morgan fingerprint density at radius 2 is 2.00 bits per heavy atom. The maximum atomic E-state index is 13.7. The first kappa shape index (κ1) is 25.7. The number of methoxy groups -OCH3 is 1. The molecular weight excluding hydrogens is 534 g/mol. The fraction of sp³-hybridized carbons (Fsp3) is 0.458. The molecule has 3 aromatic rings. The number of hydrogen-bond acceptors (Lipinski definition) is 6. The van der Waals surface area contributed by atoms with Crippen molar-refractivity contribution in [3.8, 4) is 11.1 Å². The third-order valence-corrected chi connectivity index (χ3v) is 8.14. The number of aryl methyl sites for hydroxylation is 1. The van der Waals surface area contributed by atoms with Crippen molar-refractivity contribution in [3.05, 3.63) is 52.0 Å². The third kappa shape index (κ3) is 5.58. The van der Waals surface area contributed by atoms with E-state index in [1.807, 2.05) is 22.7 Å². The Morgan fingerprint density at radius 1 is 1.26 bits per heavy atom. The summed E-state index contributed by atoms with van der Waals surface area (Å²) in [7, 11) is -1.60. The number of carbonyl (C=O) groups is 1. The number of ether oxygens (including phenoxy) is 1. The SMILES string of the molecule is CCc1ccc2c(-c3cncc(Br)c3)c(C(=O)NCC3CCN(S(C)(=O)=O)CC3)c(COC)nn12. The van der Waals surface area contributed by atoms with Crippen LogP contribution in [-0.4, -0.2) is 66.2 Å². The molecule has 4 rings (SSSR count). The van der Waals surface area contributed by atoms with Crippen molar-refractivity contribution in [2.45, 2.75) is 32.8 Å². The second-order valence-electron chi connectivity index (χ2n) is 8.81. The molecule has 0 unspecified atom stereocenters. The predicted octanol–water partition coefficient (Wildman–Crippen LogP) is 3.27. The number of nitrogens with zero attached hydrogens (tertiary/aromatic N) is 4. The minimum absolute atomic E-state index is 0.182. The molecule has 1 aliphatic heterocycles. The number of pyridine rings is 1. The van der Waals surface area contributed by atoms with Gasteiger partial charge in [-0.1, -0.05) is 6.92 Å². The third-order valence-electron chi connectivity index (χ3n) is 6.41. The number of aromatic nitrogens is 3. The van der Waals surface area contributed by atoms with Gasteiger partial charge in [-0.05, 0) is 59.3 Å². The number of nitrogens with one attached hydrogen (secondary N) is 1. The molecule has 11 heteroatoms. The second kappa shape index (κ2) is 10.7. The number of piperidine rings is 1. The number of sulfonamides is 1. The average Bonchev–Trinajstić information content (AvgIpc) is 3.24. The molecule has 1 aliphatic rings. The minimum Gasteiger partial charge on any atom is -0.378 e. The fourth-order valence-electron chi connectivity index (χ4n) is 4.58. The maximum absolute atomic E-state index is 13.7. The first-order valence-corrected chi connectivity index (χ1v) is 14.2. The summed E-state index contributed by atoms with van der Waals surface area (Å²) in [6.45, 7) is 3.66. The Labute approximate surface area is 214 Å². The summed E-state index contributed by atoms with van der Waals surface area (Å²) in [5, 5.41) is 7.87. The Balaban J connectivity index is 1.69. The van der Waals surface area contributed by atoms with Gasteiger partial charge in [-0.15, -0.1) is 0 Å². The van der Waals surface area contributed by atoms with Crippen LogP contribution >= 0.6 is 15.9 Å². The van der Waals surface area contributed by atoms with Crippen LogP contribution in [0.15, 0.2) is 35.1 Å². The molecular formula is C24H30BrN5O4S. The zero-order chi connectivity index (χ0) is 25.2. The Morgan fingerprint density at radius 3 is 2.63 bits per heavy atom. The van der Waals surface area contributed by atoms with Gasteiger partial charge in [0.2, 0.25) is 10.0 Å². The normalized spacial score (nSPS) is 15.5. The standard InChI is InChI=1S/C24H30BrN5O4S/c1-4-19-5-6-21-22(17-11-18(25)14-26-13-17)23(20(15-34-2)28-30(19)21)24(31)27-12-16-7-9-29(10-8-16)35(3,32)33/h5-6,11,13-14,16H,4,7-10,12,15H2,1-3H3,(H,27,31). The van der Waals surface area contributed by atoms with E-state index in [-0.39, 0.29) is 18.4 Å². The van der Waals surface area contributed by atoms with Crippen molar-refractivity contribution < 1.29 is 17.9 Å². The van der Waals surface area contributed by atoms with Crippen molar-refractivity contribution in [2.75, 3.05) is 33.0 Å². The fourth-order valence-corrected chi connectivity index (χ4v) is 5.82. The van der Waals surface area contributed by atoms with Crippen molar-refractivity contribution >= 4 is 37.4 Å². The molecule has 1 amide bonds. The highest BCUT2D eigenvalue weighted by atomic mass is 79.9. The summed E-state index contributed by atoms with van der Waals surface area (Å²) in [6.07, 6.45) is 6.89. The van der Waals surface area contributed by atoms with Gasteiger partial charge in [0.15, 0.2) is 0 Å². The van der Waals surface area contributed by atoms with Gasteiger partial charge in [0.1, 0.15) is 5.69 Å². The van der Waals surface area contributed by atoms with E-state index in [1.165, 1.54) is 10.6 Å². The highest BCUT2D eigenvalue weighted by Crippen LogP contribution is 2.33. The monoisotopic (exact) mass is 563 g/mol. The van der Waals surface area contributed by atoms with E-state index < -0.39 is 10.0 Å². The lowest BCUT2D eigenvalue weighted by atomic mass is 9.96. The van der Waals surface area contributed by atoms with Gasteiger partial charge < -0.3 is 10.1 Å². The minimum atomic E-state index is -3.18. The smallest absolute Gasteiger partial charge is 0.254 e. The summed E-state index contributed by atoms with van der Waals surface area (Å²) in [5.41, 5.74) is 4.43. The van der Waals surface area contributed by atoms with Crippen LogP contribution < -0.4 is 5.32 Å². The summed E-state index contributed by atoms with van der Waals surface area (Å²) < 4.78 is 33.2. The molecule has 9 nitrogen and oxygen atoms in total. The van der Waals surface area contributed by atoms with Crippen LogP contribution in [0, 0.1) is 5.92 Å². The van der Waals surface area contributed by atoms with Crippen LogP contribution in [0.25, 0.3) is 16.6 Å². The van der Waals surface area contributed by atoms with Gasteiger partial charge in [-0.3, -0.25) is 9.78 Å². The van der Waals surface area contributed by atoms with E-state index >= 15 is 0 Å². The Kier molecular flexibility index (Phi) is 7.89. The molecule has 1 fully saturated rings. The van der Waals surface area contributed by atoms with Gasteiger partial charge >= 0.3 is 0 Å². The lowest BCUT2D eigenvalue weighted by Gasteiger charge is -2.30. The molecule has 0 saturated carbocycles. The van der Waals surface area contributed by atoms with Crippen molar-refractivity contribution in [2.24, 2.45) is 5.92 Å². The second-order valence-corrected chi connectivity index (χ2v) is 11.7. The molecule has 0 radical (unpaired) electrons. The molecule has 0 spiro atoms. The lowest BCUT2D eigenvalue weighted by molar-refractivity contribution is 0.0936. The largest absolute Gasteiger partial charge is 0.378 e. The van der Waals surface area contributed by atoms with Crippen LogP contribution in [0.5, 0.6) is 0 Å². The summed E-state index contributed by atoms with van der Waals surface area (Å²) >= 11 is 3.50. The molecule has 1 N–H and O–H groups in total. The van der Waals surface area contributed by atoms with E-state index in [1.54, 1.807) is 19.5 Å². The van der Waals surface area contributed by atoms with Crippen LogP contribution in [0.3, 0.4) is 0 Å². The highest BCUT2D eigenvalue weighted by Gasteiger charge is 2.27. The Bertz CT molecular complexity index is 1330. The molecule has 4 heterocycles. The quantitative estimate of drug-likeness (QED) is 0.451. The number of amides is 1. The lowest BCUT2D eigenvalue weighted by Crippen LogP contribution is -2.41. The van der Waals surface area contributed by atoms with E-state index in [0.717, 1.165) is 33.2 Å².